The van der Waals surface area contributed by atoms with E-state index < -0.39 is 9.84 Å². The van der Waals surface area contributed by atoms with Crippen molar-refractivity contribution in [3.8, 4) is 5.75 Å². The monoisotopic (exact) mass is 278 g/mol. The van der Waals surface area contributed by atoms with Gasteiger partial charge in [0.2, 0.25) is 0 Å². The van der Waals surface area contributed by atoms with Crippen molar-refractivity contribution in [2.75, 3.05) is 12.8 Å². The standard InChI is InChI=1S/C13H14N2O3S/c1-18-11-4-2-10(3-5-11)9-19(16,17)13-6-7-15-8-12(13)14/h2-8H,9,14H2,1H3. The molecule has 0 radical (unpaired) electrons. The molecular formula is C13H14N2O3S. The second-order valence-corrected chi connectivity index (χ2v) is 5.98. The quantitative estimate of drug-likeness (QED) is 0.919. The Morgan fingerprint density at radius 3 is 2.47 bits per heavy atom. The van der Waals surface area contributed by atoms with Gasteiger partial charge in [-0.3, -0.25) is 4.98 Å². The SMILES string of the molecule is COc1ccc(CS(=O)(=O)c2ccncc2N)cc1. The van der Waals surface area contributed by atoms with Crippen LogP contribution >= 0.6 is 0 Å². The van der Waals surface area contributed by atoms with Crippen LogP contribution in [0.1, 0.15) is 5.56 Å². The molecule has 2 aromatic rings. The molecule has 0 saturated heterocycles. The van der Waals surface area contributed by atoms with Crippen molar-refractivity contribution in [2.24, 2.45) is 0 Å². The highest BCUT2D eigenvalue weighted by Gasteiger charge is 2.18. The van der Waals surface area contributed by atoms with E-state index in [-0.39, 0.29) is 16.3 Å². The molecule has 5 nitrogen and oxygen atoms in total. The van der Waals surface area contributed by atoms with Gasteiger partial charge < -0.3 is 10.5 Å². The first kappa shape index (κ1) is 13.4. The third kappa shape index (κ3) is 3.03. The molecule has 100 valence electrons. The molecule has 0 fully saturated rings. The van der Waals surface area contributed by atoms with Crippen LogP contribution in [-0.2, 0) is 15.6 Å². The number of pyridine rings is 1. The fourth-order valence-electron chi connectivity index (χ4n) is 1.70. The van der Waals surface area contributed by atoms with Crippen LogP contribution in [0.5, 0.6) is 5.75 Å². The Kier molecular flexibility index (Phi) is 3.71. The van der Waals surface area contributed by atoms with Crippen molar-refractivity contribution in [2.45, 2.75) is 10.6 Å². The lowest BCUT2D eigenvalue weighted by Crippen LogP contribution is -2.08. The molecule has 0 amide bonds. The number of benzene rings is 1. The van der Waals surface area contributed by atoms with Gasteiger partial charge in [-0.1, -0.05) is 12.1 Å². The fourth-order valence-corrected chi connectivity index (χ4v) is 3.16. The second kappa shape index (κ2) is 5.27. The van der Waals surface area contributed by atoms with Gasteiger partial charge in [-0.2, -0.15) is 0 Å². The molecule has 0 aliphatic heterocycles. The van der Waals surface area contributed by atoms with Crippen LogP contribution in [0, 0.1) is 0 Å². The summed E-state index contributed by atoms with van der Waals surface area (Å²) in [6.07, 6.45) is 2.75. The highest BCUT2D eigenvalue weighted by Crippen LogP contribution is 2.22. The lowest BCUT2D eigenvalue weighted by atomic mass is 10.2. The zero-order chi connectivity index (χ0) is 13.9. The summed E-state index contributed by atoms with van der Waals surface area (Å²) >= 11 is 0. The number of hydrogen-bond acceptors (Lipinski definition) is 5. The van der Waals surface area contributed by atoms with E-state index in [1.54, 1.807) is 31.4 Å². The van der Waals surface area contributed by atoms with Crippen molar-refractivity contribution in [1.29, 1.82) is 0 Å². The van der Waals surface area contributed by atoms with Crippen LogP contribution in [0.4, 0.5) is 5.69 Å². The average Bonchev–Trinajstić information content (AvgIpc) is 2.39. The Labute approximate surface area is 112 Å². The lowest BCUT2D eigenvalue weighted by molar-refractivity contribution is 0.414. The minimum absolute atomic E-state index is 0.106. The van der Waals surface area contributed by atoms with Crippen molar-refractivity contribution in [1.82, 2.24) is 4.98 Å². The van der Waals surface area contributed by atoms with E-state index in [1.165, 1.54) is 18.5 Å². The van der Waals surface area contributed by atoms with Crippen LogP contribution in [-0.4, -0.2) is 20.5 Å². The Morgan fingerprint density at radius 2 is 1.89 bits per heavy atom. The summed E-state index contributed by atoms with van der Waals surface area (Å²) in [6.45, 7) is 0. The predicted molar refractivity (Wildman–Crippen MR) is 72.5 cm³/mol. The highest BCUT2D eigenvalue weighted by atomic mass is 32.2. The van der Waals surface area contributed by atoms with Gasteiger partial charge in [0, 0.05) is 6.20 Å². The molecule has 0 unspecified atom stereocenters. The van der Waals surface area contributed by atoms with E-state index >= 15 is 0 Å². The fraction of sp³-hybridized carbons (Fsp3) is 0.154. The molecule has 0 aliphatic carbocycles. The first-order valence-corrected chi connectivity index (χ1v) is 7.23. The second-order valence-electron chi connectivity index (χ2n) is 4.02. The molecule has 0 spiro atoms. The van der Waals surface area contributed by atoms with Gasteiger partial charge >= 0.3 is 0 Å². The smallest absolute Gasteiger partial charge is 0.184 e. The van der Waals surface area contributed by atoms with Crippen LogP contribution in [0.3, 0.4) is 0 Å². The van der Waals surface area contributed by atoms with Crippen LogP contribution in [0.25, 0.3) is 0 Å². The molecule has 2 rings (SSSR count). The highest BCUT2D eigenvalue weighted by molar-refractivity contribution is 7.90. The van der Waals surface area contributed by atoms with Crippen molar-refractivity contribution in [3.63, 3.8) is 0 Å². The summed E-state index contributed by atoms with van der Waals surface area (Å²) < 4.78 is 29.5. The van der Waals surface area contributed by atoms with E-state index in [1.807, 2.05) is 0 Å². The molecule has 1 heterocycles. The van der Waals surface area contributed by atoms with Gasteiger partial charge in [0.25, 0.3) is 0 Å². The summed E-state index contributed by atoms with van der Waals surface area (Å²) in [6, 6.07) is 8.29. The first-order chi connectivity index (χ1) is 9.03. The molecule has 0 aliphatic rings. The minimum Gasteiger partial charge on any atom is -0.497 e. The number of anilines is 1. The van der Waals surface area contributed by atoms with E-state index in [4.69, 9.17) is 10.5 Å². The maximum Gasteiger partial charge on any atom is 0.184 e. The minimum atomic E-state index is -3.47. The third-order valence-electron chi connectivity index (χ3n) is 2.66. The molecule has 0 saturated carbocycles. The first-order valence-electron chi connectivity index (χ1n) is 5.58. The third-order valence-corrected chi connectivity index (χ3v) is 4.42. The zero-order valence-electron chi connectivity index (χ0n) is 10.4. The van der Waals surface area contributed by atoms with Crippen LogP contribution < -0.4 is 10.5 Å². The number of hydrogen-bond donors (Lipinski definition) is 1. The Hall–Kier alpha value is -2.08. The maximum absolute atomic E-state index is 12.2. The Morgan fingerprint density at radius 1 is 1.21 bits per heavy atom. The molecule has 0 bridgehead atoms. The number of methoxy groups -OCH3 is 1. The number of nitrogens with two attached hydrogens (primary N) is 1. The maximum atomic E-state index is 12.2. The van der Waals surface area contributed by atoms with Crippen LogP contribution in [0.2, 0.25) is 0 Å². The van der Waals surface area contributed by atoms with Crippen LogP contribution in [0.15, 0.2) is 47.6 Å². The molecule has 1 aromatic heterocycles. The normalized spacial score (nSPS) is 11.2. The van der Waals surface area contributed by atoms with E-state index in [0.717, 1.165) is 0 Å². The van der Waals surface area contributed by atoms with Crippen molar-refractivity contribution in [3.05, 3.63) is 48.3 Å². The van der Waals surface area contributed by atoms with E-state index in [0.29, 0.717) is 11.3 Å². The summed E-state index contributed by atoms with van der Waals surface area (Å²) in [7, 11) is -1.91. The van der Waals surface area contributed by atoms with Gasteiger partial charge in [0.05, 0.1) is 29.6 Å². The number of ether oxygens (including phenoxy) is 1. The summed E-state index contributed by atoms with van der Waals surface area (Å²) in [4.78, 5) is 3.89. The Balaban J connectivity index is 2.28. The number of sulfone groups is 1. The molecule has 6 heteroatoms. The number of nitrogens with zero attached hydrogens (tertiary/aromatic N) is 1. The largest absolute Gasteiger partial charge is 0.497 e. The van der Waals surface area contributed by atoms with E-state index in [9.17, 15) is 8.42 Å². The van der Waals surface area contributed by atoms with E-state index in [2.05, 4.69) is 4.98 Å². The summed E-state index contributed by atoms with van der Waals surface area (Å²) in [5.74, 6) is 0.579. The van der Waals surface area contributed by atoms with Crippen molar-refractivity contribution >= 4 is 15.5 Å². The molecular weight excluding hydrogens is 264 g/mol. The van der Waals surface area contributed by atoms with Gasteiger partial charge in [0.1, 0.15) is 5.75 Å². The average molecular weight is 278 g/mol. The van der Waals surface area contributed by atoms with Crippen molar-refractivity contribution < 1.29 is 13.2 Å². The molecule has 2 N–H and O–H groups in total. The lowest BCUT2D eigenvalue weighted by Gasteiger charge is -2.07. The molecule has 0 atom stereocenters. The Bertz CT molecular complexity index is 667. The number of rotatable bonds is 4. The van der Waals surface area contributed by atoms with Gasteiger partial charge in [-0.05, 0) is 23.8 Å². The topological polar surface area (TPSA) is 82.3 Å². The number of nitrogen functional groups attached to an aromatic ring is 1. The summed E-state index contributed by atoms with van der Waals surface area (Å²) in [5, 5.41) is 0. The predicted octanol–water partition coefficient (Wildman–Crippen LogP) is 1.65. The zero-order valence-corrected chi connectivity index (χ0v) is 11.2. The molecule has 1 aromatic carbocycles. The summed E-state index contributed by atoms with van der Waals surface area (Å²) in [5.41, 5.74) is 6.49. The number of aromatic nitrogens is 1. The van der Waals surface area contributed by atoms with Gasteiger partial charge in [0.15, 0.2) is 9.84 Å². The van der Waals surface area contributed by atoms with Gasteiger partial charge in [-0.25, -0.2) is 8.42 Å². The van der Waals surface area contributed by atoms with Gasteiger partial charge in [-0.15, -0.1) is 0 Å². The molecule has 19 heavy (non-hydrogen) atoms.